The molecule has 0 saturated carbocycles. The number of aryl methyl sites for hydroxylation is 3. The lowest BCUT2D eigenvalue weighted by molar-refractivity contribution is 0.427. The van der Waals surface area contributed by atoms with Gasteiger partial charge in [-0.1, -0.05) is 59.2 Å². The number of nitrogens with zero attached hydrogens (tertiary/aromatic N) is 8. The molecule has 0 amide bonds. The SMILES string of the molecule is Cc1ccc(S(=O)(=O)n2ccc3cc(-c4ccc(C#N)s4)cnc32)cc1.Cc1ccc(S(=O)(=O)n2ccc3cc(-c4ccc(CN)s4)cnc32)cc1.Cc1ccc(S(=O)(=O)n2ccc3cc(Br)cnc32)cc1.N#Cc1ccc(B(O)O)s1. The number of rotatable bonds is 10. The molecule has 4 N–H and O–H groups in total. The number of halogens is 1. The minimum absolute atomic E-state index is 0.225. The van der Waals surface area contributed by atoms with E-state index in [-0.39, 0.29) is 14.7 Å². The summed E-state index contributed by atoms with van der Waals surface area (Å²) in [5, 5.41) is 36.7. The third kappa shape index (κ3) is 12.7. The molecule has 0 radical (unpaired) electrons. The van der Waals surface area contributed by atoms with Crippen LogP contribution in [0.25, 0.3) is 54.0 Å². The molecule has 0 unspecified atom stereocenters. The Bertz CT molecular complexity index is 4730. The fourth-order valence-corrected chi connectivity index (χ4v) is 14.6. The number of aromatic nitrogens is 6. The van der Waals surface area contributed by atoms with Gasteiger partial charge in [0.1, 0.15) is 21.9 Å². The first-order chi connectivity index (χ1) is 39.2. The van der Waals surface area contributed by atoms with E-state index < -0.39 is 37.2 Å². The van der Waals surface area contributed by atoms with Gasteiger partial charge in [0.15, 0.2) is 16.9 Å². The van der Waals surface area contributed by atoms with E-state index in [4.69, 9.17) is 26.3 Å². The topological polar surface area (TPSA) is 270 Å². The lowest BCUT2D eigenvalue weighted by Gasteiger charge is -2.07. The van der Waals surface area contributed by atoms with Crippen LogP contribution >= 0.6 is 49.9 Å². The van der Waals surface area contributed by atoms with Gasteiger partial charge < -0.3 is 15.8 Å². The van der Waals surface area contributed by atoms with Crippen molar-refractivity contribution in [2.75, 3.05) is 0 Å². The van der Waals surface area contributed by atoms with Crippen LogP contribution in [-0.4, -0.2) is 69.3 Å². The van der Waals surface area contributed by atoms with Crippen LogP contribution in [-0.2, 0) is 36.6 Å². The van der Waals surface area contributed by atoms with Gasteiger partial charge in [0.25, 0.3) is 30.1 Å². The summed E-state index contributed by atoms with van der Waals surface area (Å²) in [6.45, 7) is 6.25. The molecule has 17 nitrogen and oxygen atoms in total. The zero-order valence-corrected chi connectivity index (χ0v) is 49.9. The highest BCUT2D eigenvalue weighted by Gasteiger charge is 2.23. The molecule has 0 atom stereocenters. The number of thiophene rings is 3. The van der Waals surface area contributed by atoms with Crippen LogP contribution in [0.15, 0.2) is 202 Å². The van der Waals surface area contributed by atoms with E-state index in [1.165, 1.54) is 41.7 Å². The predicted octanol–water partition coefficient (Wildman–Crippen LogP) is 10.6. The molecule has 0 aliphatic rings. The van der Waals surface area contributed by atoms with Crippen molar-refractivity contribution in [1.29, 1.82) is 10.5 Å². The van der Waals surface area contributed by atoms with Crippen LogP contribution in [0.3, 0.4) is 0 Å². The highest BCUT2D eigenvalue weighted by atomic mass is 79.9. The first kappa shape index (κ1) is 58.7. The molecule has 0 fully saturated rings. The van der Waals surface area contributed by atoms with E-state index in [0.29, 0.717) is 38.0 Å². The average Bonchev–Trinajstić information content (AvgIpc) is 3.83. The van der Waals surface area contributed by atoms with E-state index in [1.54, 1.807) is 139 Å². The Labute approximate surface area is 493 Å². The summed E-state index contributed by atoms with van der Waals surface area (Å²) in [4.78, 5) is 17.9. The van der Waals surface area contributed by atoms with E-state index in [9.17, 15) is 25.3 Å². The van der Waals surface area contributed by atoms with E-state index in [1.807, 2.05) is 63.2 Å². The second-order valence-electron chi connectivity index (χ2n) is 18.1. The Balaban J connectivity index is 0.000000138. The molecule has 12 rings (SSSR count). The maximum atomic E-state index is 12.9. The van der Waals surface area contributed by atoms with Crippen LogP contribution in [0.4, 0.5) is 0 Å². The number of nitriles is 2. The number of nitrogens with two attached hydrogens (primary N) is 1. The van der Waals surface area contributed by atoms with Crippen molar-refractivity contribution in [3.8, 4) is 33.0 Å². The minimum Gasteiger partial charge on any atom is -0.423 e. The summed E-state index contributed by atoms with van der Waals surface area (Å²) >= 11 is 7.40. The van der Waals surface area contributed by atoms with Crippen molar-refractivity contribution in [3.05, 3.63) is 219 Å². The summed E-state index contributed by atoms with van der Waals surface area (Å²) < 4.78 is 81.8. The van der Waals surface area contributed by atoms with Crippen LogP contribution in [0.5, 0.6) is 0 Å². The third-order valence-corrected chi connectivity index (χ3v) is 21.0. The smallest absolute Gasteiger partial charge is 0.423 e. The fraction of sp³-hybridized carbons (Fsp3) is 0.0702. The molecule has 0 bridgehead atoms. The third-order valence-electron chi connectivity index (χ3n) is 12.3. The van der Waals surface area contributed by atoms with Crippen LogP contribution in [0.1, 0.15) is 31.3 Å². The molecule has 82 heavy (non-hydrogen) atoms. The van der Waals surface area contributed by atoms with Crippen molar-refractivity contribution in [3.63, 3.8) is 0 Å². The van der Waals surface area contributed by atoms with Gasteiger partial charge in [-0.25, -0.2) is 52.1 Å². The number of benzene rings is 3. The summed E-state index contributed by atoms with van der Waals surface area (Å²) in [5.41, 5.74) is 11.7. The molecular formula is C57H45BBrN9O8S6. The molecule has 9 heterocycles. The summed E-state index contributed by atoms with van der Waals surface area (Å²) in [5.74, 6) is 0. The number of hydrogen-bond acceptors (Lipinski definition) is 17. The highest BCUT2D eigenvalue weighted by molar-refractivity contribution is 9.10. The Morgan fingerprint density at radius 2 is 0.890 bits per heavy atom. The Hall–Kier alpha value is -7.92. The molecule has 12 aromatic rings. The lowest BCUT2D eigenvalue weighted by atomic mass is 9.90. The van der Waals surface area contributed by atoms with Crippen molar-refractivity contribution < 1.29 is 35.3 Å². The van der Waals surface area contributed by atoms with Crippen LogP contribution in [0.2, 0.25) is 0 Å². The van der Waals surface area contributed by atoms with Gasteiger partial charge in [-0.3, -0.25) is 0 Å². The van der Waals surface area contributed by atoms with Gasteiger partial charge in [-0.15, -0.1) is 34.0 Å². The number of fused-ring (bicyclic) bond motifs is 3. The average molecular weight is 1270 g/mol. The molecular weight excluding hydrogens is 1220 g/mol. The molecule has 3 aromatic carbocycles. The molecule has 412 valence electrons. The number of pyridine rings is 3. The van der Waals surface area contributed by atoms with Gasteiger partial charge >= 0.3 is 7.12 Å². The lowest BCUT2D eigenvalue weighted by Crippen LogP contribution is -2.26. The van der Waals surface area contributed by atoms with Gasteiger partial charge in [0.2, 0.25) is 0 Å². The first-order valence-electron chi connectivity index (χ1n) is 24.4. The van der Waals surface area contributed by atoms with Crippen molar-refractivity contribution >= 4 is 125 Å². The normalized spacial score (nSPS) is 11.4. The molecule has 9 aromatic heterocycles. The summed E-state index contributed by atoms with van der Waals surface area (Å²) in [6.07, 6.45) is 9.52. The molecule has 0 aliphatic carbocycles. The standard InChI is InChI=1S/C19H17N3O2S2.C19H13N3O2S2.C14H11BrN2O2S.C5H4BNO2S/c2*1-13-2-5-17(6-3-13)26(23,24)22-9-8-14-10-15(12-21-19(14)22)18-7-4-16(11-20)25-18;1-10-2-4-13(5-3-10)20(18,19)17-7-6-11-8-12(15)9-16-14(11)17;7-3-4-1-2-5(10-4)6(8)9/h2-10,12H,11,20H2,1H3;2-10,12H,1H3;2-9H,1H3;1-2,8-9H. The highest BCUT2D eigenvalue weighted by Crippen LogP contribution is 2.33. The molecule has 0 spiro atoms. The van der Waals surface area contributed by atoms with E-state index in [2.05, 4.69) is 37.0 Å². The van der Waals surface area contributed by atoms with Gasteiger partial charge in [0.05, 0.1) is 14.7 Å². The minimum atomic E-state index is -3.70. The molecule has 25 heteroatoms. The van der Waals surface area contributed by atoms with E-state index >= 15 is 0 Å². The van der Waals surface area contributed by atoms with Gasteiger partial charge in [0, 0.05) is 94.9 Å². The maximum Gasteiger partial charge on any atom is 0.499 e. The van der Waals surface area contributed by atoms with Gasteiger partial charge in [-0.2, -0.15) is 10.5 Å². The number of hydrogen-bond donors (Lipinski definition) is 3. The predicted molar refractivity (Wildman–Crippen MR) is 326 cm³/mol. The Morgan fingerprint density at radius 3 is 1.26 bits per heavy atom. The quantitative estimate of drug-likeness (QED) is 0.108. The first-order valence-corrected chi connectivity index (χ1v) is 32.0. The largest absolute Gasteiger partial charge is 0.499 e. The summed E-state index contributed by atoms with van der Waals surface area (Å²) in [6, 6.07) is 46.0. The molecule has 0 saturated heterocycles. The second-order valence-corrected chi connectivity index (χ2v) is 27.8. The van der Waals surface area contributed by atoms with Crippen LogP contribution in [0, 0.1) is 43.4 Å². The Kier molecular flexibility index (Phi) is 17.7. The van der Waals surface area contributed by atoms with Crippen molar-refractivity contribution in [1.82, 2.24) is 26.9 Å². The zero-order chi connectivity index (χ0) is 58.5. The maximum absolute atomic E-state index is 12.9. The van der Waals surface area contributed by atoms with Crippen molar-refractivity contribution in [2.45, 2.75) is 42.0 Å². The summed E-state index contributed by atoms with van der Waals surface area (Å²) in [7, 11) is -12.4. The monoisotopic (exact) mass is 1270 g/mol. The second kappa shape index (κ2) is 24.7. The van der Waals surface area contributed by atoms with E-state index in [0.717, 1.165) is 74.4 Å². The van der Waals surface area contributed by atoms with Gasteiger partial charge in [-0.05, 0) is 140 Å². The zero-order valence-electron chi connectivity index (χ0n) is 43.4. The molecule has 0 aliphatic heterocycles. The fourth-order valence-electron chi connectivity index (χ4n) is 8.04. The van der Waals surface area contributed by atoms with Crippen LogP contribution < -0.4 is 10.5 Å². The Morgan fingerprint density at radius 1 is 0.512 bits per heavy atom. The van der Waals surface area contributed by atoms with Crippen molar-refractivity contribution in [2.24, 2.45) is 5.73 Å².